The van der Waals surface area contributed by atoms with Crippen LogP contribution in [0.2, 0.25) is 0 Å². The van der Waals surface area contributed by atoms with E-state index in [0.717, 1.165) is 70.9 Å². The molecule has 6 heteroatoms. The molecule has 1 amide bonds. The van der Waals surface area contributed by atoms with E-state index < -0.39 is 0 Å². The summed E-state index contributed by atoms with van der Waals surface area (Å²) in [6.45, 7) is 16.3. The van der Waals surface area contributed by atoms with Crippen molar-refractivity contribution in [3.63, 3.8) is 0 Å². The van der Waals surface area contributed by atoms with Gasteiger partial charge in [0.2, 0.25) is 5.91 Å². The molecule has 0 saturated carbocycles. The highest BCUT2D eigenvalue weighted by Crippen LogP contribution is 2.40. The van der Waals surface area contributed by atoms with E-state index in [1.165, 1.54) is 10.1 Å². The van der Waals surface area contributed by atoms with Crippen molar-refractivity contribution in [1.29, 1.82) is 0 Å². The molecule has 0 N–H and O–H groups in total. The Balaban J connectivity index is 1.21. The molecule has 3 heterocycles. The minimum Gasteiger partial charge on any atom is -0.353 e. The van der Waals surface area contributed by atoms with Gasteiger partial charge >= 0.3 is 0 Å². The van der Waals surface area contributed by atoms with Gasteiger partial charge in [-0.25, -0.2) is 0 Å². The monoisotopic (exact) mass is 442 g/mol. The molecule has 2 aliphatic heterocycles. The second kappa shape index (κ2) is 9.07. The Kier molecular flexibility index (Phi) is 6.59. The predicted octanol–water partition coefficient (Wildman–Crippen LogP) is 4.87. The predicted molar refractivity (Wildman–Crippen MR) is 131 cm³/mol. The van der Waals surface area contributed by atoms with E-state index in [9.17, 15) is 4.79 Å². The zero-order valence-corrected chi connectivity index (χ0v) is 20.5. The normalized spacial score (nSPS) is 22.1. The summed E-state index contributed by atoms with van der Waals surface area (Å²) < 4.78 is 5.99. The number of amides is 1. The maximum Gasteiger partial charge on any atom is 0.223 e. The summed E-state index contributed by atoms with van der Waals surface area (Å²) in [7, 11) is 0. The number of carbonyl (C=O) groups excluding carboxylic acids is 1. The number of carbonyl (C=O) groups is 1. The van der Waals surface area contributed by atoms with E-state index >= 15 is 0 Å². The van der Waals surface area contributed by atoms with Crippen LogP contribution < -0.4 is 4.90 Å². The van der Waals surface area contributed by atoms with Crippen LogP contribution in [-0.2, 0) is 4.79 Å². The molecule has 0 radical (unpaired) electrons. The van der Waals surface area contributed by atoms with Crippen molar-refractivity contribution < 1.29 is 4.79 Å². The summed E-state index contributed by atoms with van der Waals surface area (Å²) in [5.41, 5.74) is 0.309. The molecule has 0 aliphatic carbocycles. The lowest BCUT2D eigenvalue weighted by atomic mass is 9.74. The summed E-state index contributed by atoms with van der Waals surface area (Å²) in [5.74, 6) is 1.50. The number of benzene rings is 1. The zero-order valence-electron chi connectivity index (χ0n) is 19.7. The first-order valence-corrected chi connectivity index (χ1v) is 12.6. The summed E-state index contributed by atoms with van der Waals surface area (Å²) in [4.78, 5) is 19.9. The topological polar surface area (TPSA) is 39.7 Å². The van der Waals surface area contributed by atoms with Gasteiger partial charge in [0.1, 0.15) is 5.82 Å². The Morgan fingerprint density at radius 3 is 2.45 bits per heavy atom. The molecule has 2 fully saturated rings. The van der Waals surface area contributed by atoms with Crippen molar-refractivity contribution >= 4 is 33.3 Å². The third-order valence-electron chi connectivity index (χ3n) is 6.74. The average Bonchev–Trinajstić information content (AvgIpc) is 3.10. The van der Waals surface area contributed by atoms with Crippen LogP contribution in [0.4, 0.5) is 5.82 Å². The van der Waals surface area contributed by atoms with Crippen LogP contribution in [-0.4, -0.2) is 65.9 Å². The van der Waals surface area contributed by atoms with Gasteiger partial charge < -0.3 is 9.80 Å². The number of aromatic nitrogens is 1. The van der Waals surface area contributed by atoms with Crippen molar-refractivity contribution in [1.82, 2.24) is 14.2 Å². The average molecular weight is 443 g/mol. The summed E-state index contributed by atoms with van der Waals surface area (Å²) in [6.07, 6.45) is 4.05. The highest BCUT2D eigenvalue weighted by Gasteiger charge is 2.37. The molecule has 0 spiro atoms. The molecule has 1 aromatic heterocycles. The summed E-state index contributed by atoms with van der Waals surface area (Å²) in [5, 5.41) is 1.29. The van der Waals surface area contributed by atoms with E-state index in [-0.39, 0.29) is 10.8 Å². The van der Waals surface area contributed by atoms with Gasteiger partial charge in [-0.2, -0.15) is 4.37 Å². The Hall–Kier alpha value is -1.66. The van der Waals surface area contributed by atoms with Crippen LogP contribution in [0.5, 0.6) is 0 Å². The maximum atomic E-state index is 12.8. The minimum atomic E-state index is 0.109. The van der Waals surface area contributed by atoms with E-state index in [2.05, 4.69) is 66.7 Å². The van der Waals surface area contributed by atoms with E-state index in [0.29, 0.717) is 12.3 Å². The molecule has 5 nitrogen and oxygen atoms in total. The first-order chi connectivity index (χ1) is 14.7. The summed E-state index contributed by atoms with van der Waals surface area (Å²) >= 11 is 1.60. The van der Waals surface area contributed by atoms with Gasteiger partial charge in [0.15, 0.2) is 0 Å². The first kappa shape index (κ1) is 22.5. The molecule has 0 bridgehead atoms. The molecule has 1 aromatic carbocycles. The lowest BCUT2D eigenvalue weighted by Gasteiger charge is -2.35. The minimum absolute atomic E-state index is 0.109. The molecule has 31 heavy (non-hydrogen) atoms. The van der Waals surface area contributed by atoms with Crippen molar-refractivity contribution in [3.05, 3.63) is 24.3 Å². The van der Waals surface area contributed by atoms with E-state index in [1.54, 1.807) is 11.5 Å². The van der Waals surface area contributed by atoms with Crippen molar-refractivity contribution in [3.8, 4) is 0 Å². The maximum absolute atomic E-state index is 12.8. The lowest BCUT2D eigenvalue weighted by Crippen LogP contribution is -2.47. The van der Waals surface area contributed by atoms with Crippen molar-refractivity contribution in [2.75, 3.05) is 50.7 Å². The number of hydrogen-bond donors (Lipinski definition) is 0. The number of anilines is 1. The number of fused-ring (bicyclic) bond motifs is 1. The molecule has 2 aromatic rings. The largest absolute Gasteiger partial charge is 0.353 e. The third-order valence-corrected chi connectivity index (χ3v) is 7.56. The molecule has 2 aliphatic rings. The van der Waals surface area contributed by atoms with Gasteiger partial charge in [0.25, 0.3) is 0 Å². The Bertz CT molecular complexity index is 898. The number of piperazine rings is 1. The van der Waals surface area contributed by atoms with Crippen molar-refractivity contribution in [2.45, 2.75) is 53.4 Å². The van der Waals surface area contributed by atoms with Crippen LogP contribution in [0, 0.1) is 10.8 Å². The van der Waals surface area contributed by atoms with Crippen LogP contribution in [0.15, 0.2) is 24.3 Å². The second-order valence-electron chi connectivity index (χ2n) is 11.0. The SMILES string of the molecule is CC1(C)CC(=O)N(CCCCN2CCN(c3nsc4ccccc34)CC2)CC(C)(C)C1. The number of hydrogen-bond acceptors (Lipinski definition) is 5. The molecule has 4 rings (SSSR count). The Labute approximate surface area is 191 Å². The highest BCUT2D eigenvalue weighted by molar-refractivity contribution is 7.13. The van der Waals surface area contributed by atoms with Crippen LogP contribution >= 0.6 is 11.5 Å². The molecule has 2 saturated heterocycles. The van der Waals surface area contributed by atoms with Gasteiger partial charge in [0.05, 0.1) is 4.70 Å². The molecule has 170 valence electrons. The van der Waals surface area contributed by atoms with E-state index in [1.807, 2.05) is 0 Å². The smallest absolute Gasteiger partial charge is 0.223 e. The van der Waals surface area contributed by atoms with Crippen LogP contribution in [0.3, 0.4) is 0 Å². The van der Waals surface area contributed by atoms with Crippen LogP contribution in [0.1, 0.15) is 53.4 Å². The van der Waals surface area contributed by atoms with Gasteiger partial charge in [-0.15, -0.1) is 0 Å². The number of likely N-dealkylation sites (tertiary alicyclic amines) is 1. The summed E-state index contributed by atoms with van der Waals surface area (Å²) in [6, 6.07) is 8.54. The third kappa shape index (κ3) is 5.58. The molecular weight excluding hydrogens is 404 g/mol. The fraction of sp³-hybridized carbons (Fsp3) is 0.680. The number of rotatable bonds is 6. The van der Waals surface area contributed by atoms with E-state index in [4.69, 9.17) is 4.37 Å². The van der Waals surface area contributed by atoms with Gasteiger partial charge in [-0.3, -0.25) is 9.69 Å². The second-order valence-corrected chi connectivity index (χ2v) is 11.8. The highest BCUT2D eigenvalue weighted by atomic mass is 32.1. The standard InChI is InChI=1S/C25H38N4OS/c1-24(2)17-22(30)29(19-25(3,4)18-24)12-8-7-11-27-13-15-28(16-14-27)23-20-9-5-6-10-21(20)31-26-23/h5-6,9-10H,7-8,11-19H2,1-4H3. The molecule has 0 unspecified atom stereocenters. The quantitative estimate of drug-likeness (QED) is 0.598. The fourth-order valence-electron chi connectivity index (χ4n) is 5.67. The Morgan fingerprint density at radius 2 is 1.68 bits per heavy atom. The molecular formula is C25H38N4OS. The first-order valence-electron chi connectivity index (χ1n) is 11.8. The Morgan fingerprint density at radius 1 is 0.968 bits per heavy atom. The number of unbranched alkanes of at least 4 members (excludes halogenated alkanes) is 1. The van der Waals surface area contributed by atoms with Gasteiger partial charge in [0, 0.05) is 51.1 Å². The zero-order chi connectivity index (χ0) is 22.1. The lowest BCUT2D eigenvalue weighted by molar-refractivity contribution is -0.132. The van der Waals surface area contributed by atoms with Crippen molar-refractivity contribution in [2.24, 2.45) is 10.8 Å². The number of nitrogens with zero attached hydrogens (tertiary/aromatic N) is 4. The van der Waals surface area contributed by atoms with Crippen LogP contribution in [0.25, 0.3) is 10.1 Å². The van der Waals surface area contributed by atoms with Gasteiger partial charge in [-0.1, -0.05) is 39.8 Å². The fourth-order valence-corrected chi connectivity index (χ4v) is 6.46. The molecule has 0 atom stereocenters. The van der Waals surface area contributed by atoms with Gasteiger partial charge in [-0.05, 0) is 60.3 Å².